The first-order valence-electron chi connectivity index (χ1n) is 5.82. The minimum atomic E-state index is -4.63. The van der Waals surface area contributed by atoms with Gasteiger partial charge in [0.1, 0.15) is 0 Å². The lowest BCUT2D eigenvalue weighted by Gasteiger charge is -2.12. The van der Waals surface area contributed by atoms with Crippen molar-refractivity contribution in [1.29, 1.82) is 0 Å². The fraction of sp³-hybridized carbons (Fsp3) is 0.286. The first-order chi connectivity index (χ1) is 8.86. The van der Waals surface area contributed by atoms with E-state index >= 15 is 0 Å². The minimum absolute atomic E-state index is 0.139. The number of alkyl halides is 3. The molecular weight excluding hydrogens is 255 g/mol. The quantitative estimate of drug-likeness (QED) is 0.907. The van der Waals surface area contributed by atoms with Crippen molar-refractivity contribution in [3.63, 3.8) is 0 Å². The molecule has 1 aromatic carbocycles. The maximum atomic E-state index is 12.4. The third-order valence-corrected chi connectivity index (χ3v) is 2.85. The summed E-state index contributed by atoms with van der Waals surface area (Å²) in [6.45, 7) is 2.43. The van der Waals surface area contributed by atoms with Gasteiger partial charge < -0.3 is 9.67 Å². The highest BCUT2D eigenvalue weighted by Gasteiger charge is 2.39. The van der Waals surface area contributed by atoms with Crippen molar-refractivity contribution in [1.82, 2.24) is 4.57 Å². The average molecular weight is 269 g/mol. The molecule has 1 unspecified atom stereocenters. The Morgan fingerprint density at radius 3 is 2.63 bits per heavy atom. The zero-order valence-electron chi connectivity index (χ0n) is 10.4. The van der Waals surface area contributed by atoms with E-state index in [2.05, 4.69) is 0 Å². The molecule has 2 nitrogen and oxygen atoms in total. The van der Waals surface area contributed by atoms with E-state index in [9.17, 15) is 13.2 Å². The normalized spacial score (nSPS) is 13.5. The van der Waals surface area contributed by atoms with Crippen molar-refractivity contribution in [2.24, 2.45) is 0 Å². The number of aromatic nitrogens is 1. The fourth-order valence-corrected chi connectivity index (χ4v) is 1.93. The monoisotopic (exact) mass is 269 g/mol. The molecule has 0 radical (unpaired) electrons. The number of hydrogen-bond donors (Lipinski definition) is 1. The molecule has 0 bridgehead atoms. The van der Waals surface area contributed by atoms with E-state index in [0.29, 0.717) is 6.54 Å². The third-order valence-electron chi connectivity index (χ3n) is 2.85. The molecule has 0 aliphatic rings. The van der Waals surface area contributed by atoms with Crippen LogP contribution < -0.4 is 0 Å². The molecule has 0 aliphatic heterocycles. The lowest BCUT2D eigenvalue weighted by Crippen LogP contribution is -2.19. The smallest absolute Gasteiger partial charge is 0.379 e. The van der Waals surface area contributed by atoms with Crippen molar-refractivity contribution in [3.8, 4) is 0 Å². The summed E-state index contributed by atoms with van der Waals surface area (Å²) in [7, 11) is 0. The van der Waals surface area contributed by atoms with Gasteiger partial charge in [-0.05, 0) is 18.6 Å². The molecule has 1 heterocycles. The Morgan fingerprint density at radius 1 is 1.26 bits per heavy atom. The van der Waals surface area contributed by atoms with Gasteiger partial charge in [-0.2, -0.15) is 13.2 Å². The molecule has 0 spiro atoms. The predicted octanol–water partition coefficient (Wildman–Crippen LogP) is 3.44. The number of aliphatic hydroxyl groups excluding tert-OH is 1. The van der Waals surface area contributed by atoms with E-state index in [4.69, 9.17) is 5.11 Å². The van der Waals surface area contributed by atoms with Crippen LogP contribution in [0.2, 0.25) is 0 Å². The number of halogens is 3. The predicted molar refractivity (Wildman–Crippen MR) is 65.7 cm³/mol. The third kappa shape index (κ3) is 3.38. The number of nitrogens with zero attached hydrogens (tertiary/aromatic N) is 1. The van der Waals surface area contributed by atoms with Crippen LogP contribution in [0.4, 0.5) is 13.2 Å². The largest absolute Gasteiger partial charge is 0.418 e. The molecule has 2 rings (SSSR count). The Hall–Kier alpha value is -1.75. The van der Waals surface area contributed by atoms with Gasteiger partial charge in [-0.25, -0.2) is 0 Å². The summed E-state index contributed by atoms with van der Waals surface area (Å²) >= 11 is 0. The fourth-order valence-electron chi connectivity index (χ4n) is 1.93. The van der Waals surface area contributed by atoms with E-state index in [1.54, 1.807) is 4.57 Å². The highest BCUT2D eigenvalue weighted by molar-refractivity contribution is 5.23. The van der Waals surface area contributed by atoms with Gasteiger partial charge in [0.2, 0.25) is 0 Å². The molecule has 0 amide bonds. The Bertz CT molecular complexity index is 560. The molecule has 19 heavy (non-hydrogen) atoms. The number of hydrogen-bond acceptors (Lipinski definition) is 1. The van der Waals surface area contributed by atoms with Crippen molar-refractivity contribution in [2.75, 3.05) is 0 Å². The van der Waals surface area contributed by atoms with Gasteiger partial charge in [-0.1, -0.05) is 29.8 Å². The highest BCUT2D eigenvalue weighted by Crippen LogP contribution is 2.32. The first kappa shape index (κ1) is 13.7. The van der Waals surface area contributed by atoms with Crippen LogP contribution in [0.25, 0.3) is 0 Å². The first-order valence-corrected chi connectivity index (χ1v) is 5.82. The second kappa shape index (κ2) is 5.09. The second-order valence-electron chi connectivity index (χ2n) is 4.55. The zero-order valence-corrected chi connectivity index (χ0v) is 10.4. The lowest BCUT2D eigenvalue weighted by molar-refractivity contribution is -0.206. The molecule has 0 saturated carbocycles. The number of aryl methyl sites for hydroxylation is 1. The standard InChI is InChI=1S/C14H14F3NO/c1-10-3-2-4-11(7-10)8-18-6-5-12(9-18)13(19)14(15,16)17/h2-7,9,13,19H,8H2,1H3. The van der Waals surface area contributed by atoms with Crippen LogP contribution in [0.5, 0.6) is 0 Å². The molecular formula is C14H14F3NO. The molecule has 1 aromatic heterocycles. The molecule has 2 aromatic rings. The van der Waals surface area contributed by atoms with Crippen LogP contribution in [0, 0.1) is 6.92 Å². The van der Waals surface area contributed by atoms with Gasteiger partial charge in [0.05, 0.1) is 0 Å². The zero-order chi connectivity index (χ0) is 14.0. The van der Waals surface area contributed by atoms with E-state index in [0.717, 1.165) is 11.1 Å². The van der Waals surface area contributed by atoms with E-state index in [1.165, 1.54) is 18.5 Å². The van der Waals surface area contributed by atoms with Crippen LogP contribution in [-0.2, 0) is 6.54 Å². The van der Waals surface area contributed by atoms with Gasteiger partial charge in [0, 0.05) is 24.5 Å². The molecule has 1 atom stereocenters. The Labute approximate surface area is 109 Å². The van der Waals surface area contributed by atoms with E-state index < -0.39 is 12.3 Å². The highest BCUT2D eigenvalue weighted by atomic mass is 19.4. The lowest BCUT2D eigenvalue weighted by atomic mass is 10.1. The maximum absolute atomic E-state index is 12.4. The van der Waals surface area contributed by atoms with Crippen molar-refractivity contribution in [3.05, 3.63) is 59.4 Å². The van der Waals surface area contributed by atoms with Gasteiger partial charge in [-0.15, -0.1) is 0 Å². The van der Waals surface area contributed by atoms with Crippen LogP contribution in [-0.4, -0.2) is 15.8 Å². The summed E-state index contributed by atoms with van der Waals surface area (Å²) in [4.78, 5) is 0. The average Bonchev–Trinajstić information content (AvgIpc) is 2.75. The molecule has 0 aliphatic carbocycles. The van der Waals surface area contributed by atoms with Gasteiger partial charge in [0.15, 0.2) is 6.10 Å². The maximum Gasteiger partial charge on any atom is 0.418 e. The SMILES string of the molecule is Cc1cccc(Cn2ccc(C(O)C(F)(F)F)c2)c1. The summed E-state index contributed by atoms with van der Waals surface area (Å²) in [5.41, 5.74) is 1.96. The Kier molecular flexibility index (Phi) is 3.66. The van der Waals surface area contributed by atoms with Gasteiger partial charge in [0.25, 0.3) is 0 Å². The summed E-state index contributed by atoms with van der Waals surface area (Å²) < 4.78 is 38.7. The van der Waals surface area contributed by atoms with Gasteiger partial charge in [-0.3, -0.25) is 0 Å². The Morgan fingerprint density at radius 2 is 2.00 bits per heavy atom. The Balaban J connectivity index is 2.14. The molecule has 1 N–H and O–H groups in total. The van der Waals surface area contributed by atoms with Crippen LogP contribution in [0.15, 0.2) is 42.7 Å². The van der Waals surface area contributed by atoms with Crippen molar-refractivity contribution in [2.45, 2.75) is 25.7 Å². The summed E-state index contributed by atoms with van der Waals surface area (Å²) in [6.07, 6.45) is -4.20. The summed E-state index contributed by atoms with van der Waals surface area (Å²) in [6, 6.07) is 9.03. The molecule has 5 heteroatoms. The molecule has 0 fully saturated rings. The van der Waals surface area contributed by atoms with Crippen molar-refractivity contribution >= 4 is 0 Å². The number of aliphatic hydroxyl groups is 1. The summed E-state index contributed by atoms with van der Waals surface area (Å²) in [5, 5.41) is 9.14. The molecule has 102 valence electrons. The van der Waals surface area contributed by atoms with Crippen LogP contribution in [0.1, 0.15) is 22.8 Å². The van der Waals surface area contributed by atoms with Gasteiger partial charge >= 0.3 is 6.18 Å². The minimum Gasteiger partial charge on any atom is -0.379 e. The number of benzene rings is 1. The van der Waals surface area contributed by atoms with Crippen LogP contribution >= 0.6 is 0 Å². The van der Waals surface area contributed by atoms with Crippen LogP contribution in [0.3, 0.4) is 0 Å². The van der Waals surface area contributed by atoms with Crippen molar-refractivity contribution < 1.29 is 18.3 Å². The second-order valence-corrected chi connectivity index (χ2v) is 4.55. The molecule has 0 saturated heterocycles. The number of rotatable bonds is 3. The summed E-state index contributed by atoms with van der Waals surface area (Å²) in [5.74, 6) is 0. The topological polar surface area (TPSA) is 25.2 Å². The van der Waals surface area contributed by atoms with E-state index in [-0.39, 0.29) is 5.56 Å². The van der Waals surface area contributed by atoms with E-state index in [1.807, 2.05) is 31.2 Å².